The van der Waals surface area contributed by atoms with Crippen molar-refractivity contribution in [2.24, 2.45) is 11.7 Å². The van der Waals surface area contributed by atoms with E-state index >= 15 is 4.39 Å². The predicted molar refractivity (Wildman–Crippen MR) is 128 cm³/mol. The van der Waals surface area contributed by atoms with Gasteiger partial charge in [0.25, 0.3) is 5.56 Å². The van der Waals surface area contributed by atoms with Crippen molar-refractivity contribution in [1.29, 1.82) is 0 Å². The Balaban J connectivity index is 1.48. The van der Waals surface area contributed by atoms with Crippen molar-refractivity contribution in [3.63, 3.8) is 0 Å². The zero-order valence-electron chi connectivity index (χ0n) is 18.9. The highest BCUT2D eigenvalue weighted by molar-refractivity contribution is 5.91. The number of anilines is 1. The van der Waals surface area contributed by atoms with E-state index < -0.39 is 17.1 Å². The highest BCUT2D eigenvalue weighted by atomic mass is 19.1. The van der Waals surface area contributed by atoms with E-state index in [1.165, 1.54) is 11.7 Å². The van der Waals surface area contributed by atoms with Crippen molar-refractivity contribution < 1.29 is 13.9 Å². The second kappa shape index (κ2) is 8.68. The van der Waals surface area contributed by atoms with Crippen LogP contribution in [0.3, 0.4) is 0 Å². The number of nitrogens with two attached hydrogens (primary N) is 2. The third-order valence-electron chi connectivity index (χ3n) is 6.73. The normalized spacial score (nSPS) is 18.9. The van der Waals surface area contributed by atoms with Gasteiger partial charge in [0.05, 0.1) is 12.5 Å². The van der Waals surface area contributed by atoms with Crippen LogP contribution in [-0.2, 0) is 0 Å². The number of nitrogen functional groups attached to an aromatic ring is 1. The van der Waals surface area contributed by atoms with E-state index in [0.29, 0.717) is 29.9 Å². The first-order chi connectivity index (χ1) is 16.4. The number of rotatable bonds is 7. The zero-order chi connectivity index (χ0) is 24.0. The molecule has 0 bridgehead atoms. The molecule has 2 aromatic carbocycles. The van der Waals surface area contributed by atoms with Gasteiger partial charge in [0, 0.05) is 25.2 Å². The number of nitrogens with zero attached hydrogens (tertiary/aromatic N) is 3. The van der Waals surface area contributed by atoms with Gasteiger partial charge < -0.3 is 25.9 Å². The summed E-state index contributed by atoms with van der Waals surface area (Å²) in [5, 5.41) is 0.0239. The lowest BCUT2D eigenvalue weighted by molar-refractivity contribution is 0.253. The summed E-state index contributed by atoms with van der Waals surface area (Å²) in [5.74, 6) is 6.11. The monoisotopic (exact) mass is 469 g/mol. The van der Waals surface area contributed by atoms with Crippen LogP contribution < -0.4 is 37.2 Å². The van der Waals surface area contributed by atoms with Crippen LogP contribution in [-0.4, -0.2) is 42.1 Å². The molecule has 1 aliphatic heterocycles. The SMILES string of the molecule is COc1c(N2CCC(C(N)COc3ccccc3)C2)c(F)cc2c(=O)n(N)c(=O)n(C3CC3)c12. The predicted octanol–water partition coefficient (Wildman–Crippen LogP) is 1.59. The molecule has 5 rings (SSSR count). The van der Waals surface area contributed by atoms with Gasteiger partial charge in [-0.25, -0.2) is 9.18 Å². The van der Waals surface area contributed by atoms with Crippen molar-refractivity contribution >= 4 is 16.6 Å². The highest BCUT2D eigenvalue weighted by Crippen LogP contribution is 2.43. The molecule has 2 heterocycles. The minimum atomic E-state index is -0.750. The molecule has 2 fully saturated rings. The lowest BCUT2D eigenvalue weighted by Gasteiger charge is -2.25. The van der Waals surface area contributed by atoms with Crippen LogP contribution in [0.15, 0.2) is 46.0 Å². The molecular formula is C24H28FN5O4. The van der Waals surface area contributed by atoms with Gasteiger partial charge in [0.1, 0.15) is 23.6 Å². The molecule has 3 aromatic rings. The topological polar surface area (TPSA) is 118 Å². The van der Waals surface area contributed by atoms with Gasteiger partial charge >= 0.3 is 5.69 Å². The van der Waals surface area contributed by atoms with Gasteiger partial charge in [-0.15, -0.1) is 0 Å². The molecule has 2 atom stereocenters. The molecule has 0 spiro atoms. The summed E-state index contributed by atoms with van der Waals surface area (Å²) >= 11 is 0. The number of hydrogen-bond acceptors (Lipinski definition) is 7. The molecule has 2 aliphatic rings. The van der Waals surface area contributed by atoms with E-state index in [0.717, 1.165) is 31.1 Å². The van der Waals surface area contributed by atoms with Crippen LogP contribution in [0.25, 0.3) is 10.9 Å². The van der Waals surface area contributed by atoms with Gasteiger partial charge in [-0.1, -0.05) is 18.2 Å². The smallest absolute Gasteiger partial charge is 0.350 e. The van der Waals surface area contributed by atoms with E-state index in [-0.39, 0.29) is 34.8 Å². The number of methoxy groups -OCH3 is 1. The van der Waals surface area contributed by atoms with Crippen molar-refractivity contribution in [3.8, 4) is 11.5 Å². The minimum Gasteiger partial charge on any atom is -0.492 e. The number of halogens is 1. The summed E-state index contributed by atoms with van der Waals surface area (Å²) in [6.07, 6.45) is 2.32. The second-order valence-electron chi connectivity index (χ2n) is 8.98. The van der Waals surface area contributed by atoms with Crippen LogP contribution in [0.2, 0.25) is 0 Å². The first kappa shape index (κ1) is 22.3. The van der Waals surface area contributed by atoms with E-state index in [4.69, 9.17) is 21.1 Å². The summed E-state index contributed by atoms with van der Waals surface area (Å²) in [5.41, 5.74) is 5.56. The molecule has 0 radical (unpaired) electrons. The fraction of sp³-hybridized carbons (Fsp3) is 0.417. The Morgan fingerprint density at radius 2 is 1.91 bits per heavy atom. The molecule has 1 aromatic heterocycles. The lowest BCUT2D eigenvalue weighted by atomic mass is 10.0. The van der Waals surface area contributed by atoms with Crippen molar-refractivity contribution in [2.75, 3.05) is 37.5 Å². The molecular weight excluding hydrogens is 441 g/mol. The Bertz CT molecular complexity index is 1340. The van der Waals surface area contributed by atoms with Crippen LogP contribution in [0, 0.1) is 11.7 Å². The summed E-state index contributed by atoms with van der Waals surface area (Å²) in [6.45, 7) is 1.40. The van der Waals surface area contributed by atoms with Crippen molar-refractivity contribution in [2.45, 2.75) is 31.3 Å². The number of benzene rings is 2. The van der Waals surface area contributed by atoms with Gasteiger partial charge in [0.15, 0.2) is 11.6 Å². The van der Waals surface area contributed by atoms with Crippen LogP contribution in [0.1, 0.15) is 25.3 Å². The molecule has 4 N–H and O–H groups in total. The van der Waals surface area contributed by atoms with E-state index in [2.05, 4.69) is 0 Å². The number of hydrogen-bond donors (Lipinski definition) is 2. The Kier molecular flexibility index (Phi) is 5.68. The largest absolute Gasteiger partial charge is 0.492 e. The Labute approximate surface area is 195 Å². The van der Waals surface area contributed by atoms with Gasteiger partial charge in [-0.2, -0.15) is 4.68 Å². The summed E-state index contributed by atoms with van der Waals surface area (Å²) in [6, 6.07) is 10.3. The number of fused-ring (bicyclic) bond motifs is 1. The highest BCUT2D eigenvalue weighted by Gasteiger charge is 2.35. The van der Waals surface area contributed by atoms with Crippen molar-refractivity contribution in [3.05, 3.63) is 63.1 Å². The zero-order valence-corrected chi connectivity index (χ0v) is 18.9. The van der Waals surface area contributed by atoms with Gasteiger partial charge in [-0.05, 0) is 43.4 Å². The summed E-state index contributed by atoms with van der Waals surface area (Å²) in [7, 11) is 1.42. The fourth-order valence-corrected chi connectivity index (χ4v) is 4.78. The molecule has 34 heavy (non-hydrogen) atoms. The maximum absolute atomic E-state index is 15.4. The molecule has 2 unspecified atom stereocenters. The average molecular weight is 470 g/mol. The maximum atomic E-state index is 15.4. The van der Waals surface area contributed by atoms with Gasteiger partial charge in [-0.3, -0.25) is 9.36 Å². The standard InChI is InChI=1S/C24H28FN5O4/c1-33-22-20-17(23(31)30(27)24(32)29(20)15-7-8-15)11-18(25)21(22)28-10-9-14(12-28)19(26)13-34-16-5-3-2-4-6-16/h2-6,11,14-15,19H,7-10,12-13,26-27H2,1H3. The number of aromatic nitrogens is 2. The van der Waals surface area contributed by atoms with Crippen LogP contribution in [0.5, 0.6) is 11.5 Å². The first-order valence-electron chi connectivity index (χ1n) is 11.4. The van der Waals surface area contributed by atoms with Crippen LogP contribution in [0.4, 0.5) is 10.1 Å². The summed E-state index contributed by atoms with van der Waals surface area (Å²) < 4.78 is 28.9. The molecule has 1 saturated carbocycles. The number of ether oxygens (including phenoxy) is 2. The quantitative estimate of drug-likeness (QED) is 0.505. The Morgan fingerprint density at radius 1 is 1.18 bits per heavy atom. The summed E-state index contributed by atoms with van der Waals surface area (Å²) in [4.78, 5) is 27.4. The fourth-order valence-electron chi connectivity index (χ4n) is 4.78. The molecule has 9 nitrogen and oxygen atoms in total. The van der Waals surface area contributed by atoms with E-state index in [1.807, 2.05) is 35.2 Å². The van der Waals surface area contributed by atoms with Crippen molar-refractivity contribution in [1.82, 2.24) is 9.24 Å². The average Bonchev–Trinajstić information content (AvgIpc) is 3.57. The maximum Gasteiger partial charge on any atom is 0.350 e. The second-order valence-corrected chi connectivity index (χ2v) is 8.98. The van der Waals surface area contributed by atoms with Crippen LogP contribution >= 0.6 is 0 Å². The Morgan fingerprint density at radius 3 is 2.59 bits per heavy atom. The number of para-hydroxylation sites is 1. The minimum absolute atomic E-state index is 0.0239. The molecule has 0 amide bonds. The molecule has 180 valence electrons. The Hall–Kier alpha value is -3.53. The molecule has 1 aliphatic carbocycles. The van der Waals surface area contributed by atoms with E-state index in [9.17, 15) is 9.59 Å². The first-order valence-corrected chi connectivity index (χ1v) is 11.4. The lowest BCUT2D eigenvalue weighted by Crippen LogP contribution is -2.44. The molecule has 1 saturated heterocycles. The van der Waals surface area contributed by atoms with Gasteiger partial charge in [0.2, 0.25) is 0 Å². The van der Waals surface area contributed by atoms with E-state index in [1.54, 1.807) is 0 Å². The third kappa shape index (κ3) is 3.77. The molecule has 10 heteroatoms. The third-order valence-corrected chi connectivity index (χ3v) is 6.73.